The van der Waals surface area contributed by atoms with E-state index in [-0.39, 0.29) is 18.4 Å². The summed E-state index contributed by atoms with van der Waals surface area (Å²) in [5, 5.41) is 0. The van der Waals surface area contributed by atoms with Gasteiger partial charge in [-0.2, -0.15) is 0 Å². The fourth-order valence-electron chi connectivity index (χ4n) is 2.46. The Hall–Kier alpha value is -0.480. The van der Waals surface area contributed by atoms with Gasteiger partial charge in [0, 0.05) is 39.3 Å². The predicted octanol–water partition coefficient (Wildman–Crippen LogP) is 1.65. The van der Waals surface area contributed by atoms with E-state index in [4.69, 9.17) is 0 Å². The largest absolute Gasteiger partial charge is 0.325 e. The summed E-state index contributed by atoms with van der Waals surface area (Å²) in [6.07, 6.45) is 4.93. The van der Waals surface area contributed by atoms with Crippen molar-refractivity contribution >= 4 is 18.4 Å². The van der Waals surface area contributed by atoms with Gasteiger partial charge < -0.3 is 14.7 Å². The lowest BCUT2D eigenvalue weighted by atomic mass is 10.2. The lowest BCUT2D eigenvalue weighted by Gasteiger charge is -2.35. The number of amides is 2. The quantitative estimate of drug-likeness (QED) is 0.663. The molecule has 0 aromatic heterocycles. The normalized spacial score (nSPS) is 22.9. The molecule has 2 aliphatic rings. The van der Waals surface area contributed by atoms with Crippen molar-refractivity contribution in [3.8, 4) is 0 Å². The van der Waals surface area contributed by atoms with Crippen LogP contribution in [-0.4, -0.2) is 67.0 Å². The van der Waals surface area contributed by atoms with Crippen LogP contribution in [0.15, 0.2) is 0 Å². The zero-order valence-corrected chi connectivity index (χ0v) is 11.5. The fraction of sp³-hybridized carbons (Fsp3) is 0.917. The van der Waals surface area contributed by atoms with Crippen molar-refractivity contribution in [3.05, 3.63) is 0 Å². The molecule has 2 rings (SSSR count). The van der Waals surface area contributed by atoms with Gasteiger partial charge in [0.1, 0.15) is 0 Å². The van der Waals surface area contributed by atoms with Crippen LogP contribution in [-0.2, 0) is 0 Å². The van der Waals surface area contributed by atoms with Gasteiger partial charge in [0.2, 0.25) is 0 Å². The number of nitrogens with zero attached hydrogens (tertiary/aromatic N) is 3. The number of carbonyl (C=O) groups excluding carboxylic acids is 1. The van der Waals surface area contributed by atoms with E-state index in [0.717, 1.165) is 39.3 Å². The molecule has 2 fully saturated rings. The van der Waals surface area contributed by atoms with Gasteiger partial charge in [0.25, 0.3) is 0 Å². The molecule has 0 aliphatic carbocycles. The molecule has 2 heterocycles. The maximum atomic E-state index is 12.2. The Morgan fingerprint density at radius 2 is 1.24 bits per heavy atom. The lowest BCUT2D eigenvalue weighted by Crippen LogP contribution is -2.52. The smallest absolute Gasteiger partial charge is 0.320 e. The van der Waals surface area contributed by atoms with Crippen molar-refractivity contribution in [3.63, 3.8) is 0 Å². The predicted molar refractivity (Wildman–Crippen MR) is 71.8 cm³/mol. The number of rotatable bonds is 0. The maximum absolute atomic E-state index is 12.2. The number of carbonyl (C=O) groups is 1. The topological polar surface area (TPSA) is 26.8 Å². The van der Waals surface area contributed by atoms with Gasteiger partial charge in [0.15, 0.2) is 0 Å². The number of urea groups is 1. The highest BCUT2D eigenvalue weighted by atomic mass is 35.5. The van der Waals surface area contributed by atoms with Crippen LogP contribution in [0.5, 0.6) is 0 Å². The summed E-state index contributed by atoms with van der Waals surface area (Å²) in [6.45, 7) is 5.74. The van der Waals surface area contributed by atoms with Crippen molar-refractivity contribution in [1.29, 1.82) is 0 Å². The van der Waals surface area contributed by atoms with Crippen molar-refractivity contribution in [2.24, 2.45) is 0 Å². The highest BCUT2D eigenvalue weighted by Crippen LogP contribution is 2.12. The molecule has 0 N–H and O–H groups in total. The van der Waals surface area contributed by atoms with Gasteiger partial charge in [-0.15, -0.1) is 12.4 Å². The second-order valence-corrected chi connectivity index (χ2v) is 4.97. The molecule has 2 amide bonds. The summed E-state index contributed by atoms with van der Waals surface area (Å²) in [5.41, 5.74) is 0. The van der Waals surface area contributed by atoms with Crippen molar-refractivity contribution < 1.29 is 4.79 Å². The van der Waals surface area contributed by atoms with E-state index >= 15 is 0 Å². The van der Waals surface area contributed by atoms with E-state index in [1.165, 1.54) is 25.7 Å². The molecular weight excluding hydrogens is 238 g/mol. The van der Waals surface area contributed by atoms with Crippen molar-refractivity contribution in [2.45, 2.75) is 25.7 Å². The van der Waals surface area contributed by atoms with E-state index in [9.17, 15) is 4.79 Å². The molecule has 0 aromatic rings. The second kappa shape index (κ2) is 7.07. The Bertz CT molecular complexity index is 234. The van der Waals surface area contributed by atoms with Gasteiger partial charge in [-0.1, -0.05) is 12.8 Å². The summed E-state index contributed by atoms with van der Waals surface area (Å²) >= 11 is 0. The molecule has 0 unspecified atom stereocenters. The van der Waals surface area contributed by atoms with Crippen LogP contribution in [0.1, 0.15) is 25.7 Å². The Morgan fingerprint density at radius 1 is 0.765 bits per heavy atom. The minimum absolute atomic E-state index is 0. The van der Waals surface area contributed by atoms with Crippen LogP contribution in [0.4, 0.5) is 4.79 Å². The van der Waals surface area contributed by atoms with E-state index in [2.05, 4.69) is 16.8 Å². The number of likely N-dealkylation sites (N-methyl/N-ethyl adjacent to an activating group) is 1. The van der Waals surface area contributed by atoms with Crippen molar-refractivity contribution in [1.82, 2.24) is 14.7 Å². The first-order valence-electron chi connectivity index (χ1n) is 6.50. The van der Waals surface area contributed by atoms with Crippen molar-refractivity contribution in [2.75, 3.05) is 46.3 Å². The Labute approximate surface area is 110 Å². The van der Waals surface area contributed by atoms with E-state index < -0.39 is 0 Å². The summed E-state index contributed by atoms with van der Waals surface area (Å²) < 4.78 is 0. The Balaban J connectivity index is 0.00000144. The molecule has 5 heteroatoms. The molecule has 17 heavy (non-hydrogen) atoms. The second-order valence-electron chi connectivity index (χ2n) is 4.97. The molecule has 4 nitrogen and oxygen atoms in total. The molecule has 0 atom stereocenters. The number of likely N-dealkylation sites (tertiary alicyclic amines) is 1. The zero-order chi connectivity index (χ0) is 11.4. The maximum Gasteiger partial charge on any atom is 0.320 e. The minimum atomic E-state index is 0. The molecule has 0 bridgehead atoms. The standard InChI is InChI=1S/C12H23N3O.ClH/c1-13-8-10-15(11-9-13)12(16)14-6-4-2-3-5-7-14;/h2-11H2,1H3;1H. The lowest BCUT2D eigenvalue weighted by molar-refractivity contribution is 0.123. The van der Waals surface area contributed by atoms with Gasteiger partial charge in [0.05, 0.1) is 0 Å². The first-order valence-corrected chi connectivity index (χ1v) is 6.50. The van der Waals surface area contributed by atoms with Crippen LogP contribution >= 0.6 is 12.4 Å². The van der Waals surface area contributed by atoms with Crippen LogP contribution in [0, 0.1) is 0 Å². The molecule has 0 radical (unpaired) electrons. The van der Waals surface area contributed by atoms with Crippen LogP contribution in [0.2, 0.25) is 0 Å². The van der Waals surface area contributed by atoms with Gasteiger partial charge >= 0.3 is 6.03 Å². The average Bonchev–Trinajstić information content (AvgIpc) is 2.57. The third-order valence-corrected chi connectivity index (χ3v) is 3.65. The fourth-order valence-corrected chi connectivity index (χ4v) is 2.46. The van der Waals surface area contributed by atoms with Crippen LogP contribution < -0.4 is 0 Å². The highest BCUT2D eigenvalue weighted by Gasteiger charge is 2.24. The monoisotopic (exact) mass is 261 g/mol. The van der Waals surface area contributed by atoms with Gasteiger partial charge in [-0.25, -0.2) is 4.79 Å². The summed E-state index contributed by atoms with van der Waals surface area (Å²) in [5.74, 6) is 0. The third-order valence-electron chi connectivity index (χ3n) is 3.65. The van der Waals surface area contributed by atoms with Crippen LogP contribution in [0.25, 0.3) is 0 Å². The SMILES string of the molecule is CN1CCN(C(=O)N2CCCCCC2)CC1.Cl. The molecule has 2 aliphatic heterocycles. The first kappa shape index (κ1) is 14.6. The summed E-state index contributed by atoms with van der Waals surface area (Å²) in [4.78, 5) is 18.6. The molecule has 0 spiro atoms. The van der Waals surface area contributed by atoms with E-state index in [0.29, 0.717) is 0 Å². The average molecular weight is 262 g/mol. The number of hydrogen-bond acceptors (Lipinski definition) is 2. The molecular formula is C12H24ClN3O. The van der Waals surface area contributed by atoms with Gasteiger partial charge in [-0.05, 0) is 19.9 Å². The van der Waals surface area contributed by atoms with E-state index in [1.807, 2.05) is 4.90 Å². The van der Waals surface area contributed by atoms with Gasteiger partial charge in [-0.3, -0.25) is 0 Å². The van der Waals surface area contributed by atoms with Crippen LogP contribution in [0.3, 0.4) is 0 Å². The zero-order valence-electron chi connectivity index (χ0n) is 10.7. The number of halogens is 1. The summed E-state index contributed by atoms with van der Waals surface area (Å²) in [7, 11) is 2.12. The molecule has 100 valence electrons. The molecule has 0 aromatic carbocycles. The highest BCUT2D eigenvalue weighted by molar-refractivity contribution is 5.85. The van der Waals surface area contributed by atoms with E-state index in [1.54, 1.807) is 0 Å². The minimum Gasteiger partial charge on any atom is -0.325 e. The Morgan fingerprint density at radius 3 is 1.76 bits per heavy atom. The third kappa shape index (κ3) is 4.03. The molecule has 2 saturated heterocycles. The Kier molecular flexibility index (Phi) is 6.06. The number of piperazine rings is 1. The number of hydrogen-bond donors (Lipinski definition) is 0. The first-order chi connectivity index (χ1) is 7.77. The summed E-state index contributed by atoms with van der Waals surface area (Å²) in [6, 6.07) is 0.273. The molecule has 0 saturated carbocycles.